The number of carbonyl (C=O) groups excluding carboxylic acids is 1. The number of amides is 1. The second kappa shape index (κ2) is 29.0. The van der Waals surface area contributed by atoms with E-state index in [-0.39, 0.29) is 43.9 Å². The molecule has 0 aliphatic carbocycles. The summed E-state index contributed by atoms with van der Waals surface area (Å²) < 4.78 is 141. The van der Waals surface area contributed by atoms with Crippen LogP contribution in [-0.4, -0.2) is 141 Å². The van der Waals surface area contributed by atoms with Crippen molar-refractivity contribution >= 4 is 60.7 Å². The minimum Gasteiger partial charge on any atom is -0.333 e. The molecule has 1 aromatic carbocycles. The van der Waals surface area contributed by atoms with E-state index in [1.165, 1.54) is 4.90 Å². The van der Waals surface area contributed by atoms with Crippen LogP contribution in [0.5, 0.6) is 0 Å². The van der Waals surface area contributed by atoms with Crippen LogP contribution < -0.4 is 5.73 Å². The normalized spacial score (nSPS) is 13.4. The Morgan fingerprint density at radius 2 is 0.873 bits per heavy atom. The molecule has 0 unspecified atom stereocenters. The zero-order valence-electron chi connectivity index (χ0n) is 29.7. The Morgan fingerprint density at radius 3 is 1.17 bits per heavy atom. The van der Waals surface area contributed by atoms with Crippen LogP contribution in [0.4, 0.5) is 26.3 Å². The van der Waals surface area contributed by atoms with Gasteiger partial charge in [0.05, 0.1) is 6.54 Å². The summed E-state index contributed by atoms with van der Waals surface area (Å²) in [6.45, 7) is -0.302. The molecule has 0 bridgehead atoms. The number of nitrogens with two attached hydrogens (primary N) is 1. The maximum absolute atomic E-state index is 13.7. The number of benzene rings is 1. The zero-order chi connectivity index (χ0) is 52.1. The van der Waals surface area contributed by atoms with Crippen LogP contribution >= 0.6 is 54.8 Å². The van der Waals surface area contributed by atoms with Gasteiger partial charge in [-0.25, -0.2) is 45.1 Å². The van der Waals surface area contributed by atoms with Gasteiger partial charge < -0.3 is 118 Å². The topological polar surface area (TPSA) is 621 Å². The lowest BCUT2D eigenvalue weighted by Gasteiger charge is -2.29. The highest BCUT2D eigenvalue weighted by atomic mass is 31.2. The second-order valence-electron chi connectivity index (χ2n) is 10.0. The lowest BCUT2D eigenvalue weighted by molar-refractivity contribution is -0.148. The molecule has 0 radical (unpaired) electrons. The number of phosphoric acid groups is 7. The van der Waals surface area contributed by atoms with Crippen molar-refractivity contribution in [2.45, 2.75) is 38.1 Å². The van der Waals surface area contributed by atoms with Crippen LogP contribution in [0.2, 0.25) is 0 Å². The van der Waals surface area contributed by atoms with E-state index in [4.69, 9.17) is 140 Å². The second-order valence-corrected chi connectivity index (χ2v) is 17.2. The first-order valence-corrected chi connectivity index (χ1v) is 24.7. The average Bonchev–Trinajstić information content (AvgIpc) is 3.34. The van der Waals surface area contributed by atoms with Crippen LogP contribution in [0, 0.1) is 17.5 Å². The third-order valence-electron chi connectivity index (χ3n) is 4.37. The summed E-state index contributed by atoms with van der Waals surface area (Å²) in [6.07, 6.45) is -5.11. The fraction of sp³-hybridized carbons (Fsp3) is 0.438. The molecule has 2 aromatic rings. The van der Waals surface area contributed by atoms with Gasteiger partial charge >= 0.3 is 60.9 Å². The van der Waals surface area contributed by atoms with E-state index in [0.717, 1.165) is 4.57 Å². The van der Waals surface area contributed by atoms with Crippen molar-refractivity contribution in [1.29, 1.82) is 0 Å². The van der Waals surface area contributed by atoms with Gasteiger partial charge in [0, 0.05) is 31.6 Å². The van der Waals surface area contributed by atoms with Gasteiger partial charge in [-0.2, -0.15) is 13.2 Å². The molecular formula is C16H36F6N5O29P7. The standard InChI is InChI=1S/C16H15F6N5O.7H3O4P/c17-10-6-12(19)11(18)4-8(10)3-9(23)5-14(28)26-1-2-27-13(7-26)24-25-15(27)16(20,21)22;7*1-5(2,3)4/h4,6,9H,1-3,5,7,23H2;7*(H3,1,2,3,4)/t9-;;;;;;;/m1......./s1. The number of nitrogens with zero attached hydrogens (tertiary/aromatic N) is 4. The molecular weight excluding hydrogens is 1060 g/mol. The third kappa shape index (κ3) is 69.4. The van der Waals surface area contributed by atoms with Crippen molar-refractivity contribution in [3.63, 3.8) is 0 Å². The van der Waals surface area contributed by atoms with Crippen LogP contribution in [0.15, 0.2) is 12.1 Å². The lowest BCUT2D eigenvalue weighted by Crippen LogP contribution is -2.42. The molecule has 1 aliphatic rings. The molecule has 3 rings (SSSR count). The number of rotatable bonds is 4. The third-order valence-corrected chi connectivity index (χ3v) is 4.37. The van der Waals surface area contributed by atoms with Crippen LogP contribution in [0.3, 0.4) is 0 Å². The summed E-state index contributed by atoms with van der Waals surface area (Å²) in [5.74, 6) is -5.15. The Kier molecular flexibility index (Phi) is 32.3. The van der Waals surface area contributed by atoms with E-state index in [0.29, 0.717) is 12.1 Å². The molecule has 0 saturated carbocycles. The molecule has 0 saturated heterocycles. The number of halogens is 6. The van der Waals surface area contributed by atoms with Crippen molar-refractivity contribution < 1.29 is 166 Å². The van der Waals surface area contributed by atoms with Crippen LogP contribution in [0.1, 0.15) is 23.6 Å². The molecule has 63 heavy (non-hydrogen) atoms. The number of aromatic nitrogens is 3. The van der Waals surface area contributed by atoms with E-state index in [1.54, 1.807) is 0 Å². The largest absolute Gasteiger partial charge is 0.466 e. The van der Waals surface area contributed by atoms with Crippen molar-refractivity contribution in [2.75, 3.05) is 6.54 Å². The van der Waals surface area contributed by atoms with E-state index in [2.05, 4.69) is 10.2 Å². The average molecular weight is 1090 g/mol. The van der Waals surface area contributed by atoms with E-state index < -0.39 is 96.2 Å². The lowest BCUT2D eigenvalue weighted by atomic mass is 10.0. The number of carbonyl (C=O) groups is 1. The van der Waals surface area contributed by atoms with Gasteiger partial charge in [0.1, 0.15) is 5.82 Å². The molecule has 0 spiro atoms. The summed E-state index contributed by atoms with van der Waals surface area (Å²) in [5.41, 5.74) is 5.64. The summed E-state index contributed by atoms with van der Waals surface area (Å²) in [6, 6.07) is 0.184. The maximum atomic E-state index is 13.7. The number of hydrogen-bond donors (Lipinski definition) is 22. The van der Waals surface area contributed by atoms with Crippen LogP contribution in [-0.2, 0) is 62.4 Å². The number of hydrogen-bond acceptors (Lipinski definition) is 11. The van der Waals surface area contributed by atoms with Gasteiger partial charge in [0.15, 0.2) is 17.5 Å². The fourth-order valence-electron chi connectivity index (χ4n) is 3.01. The van der Waals surface area contributed by atoms with Gasteiger partial charge in [-0.05, 0) is 18.1 Å². The first kappa shape index (κ1) is 70.2. The van der Waals surface area contributed by atoms with Crippen molar-refractivity contribution in [3.05, 3.63) is 46.8 Å². The SMILES string of the molecule is N[C@@H](CC(=O)N1CCn2c(nnc2C(F)(F)F)C1)Cc1cc(F)c(F)cc1F.O=P(O)(O)O.O=P(O)(O)O.O=P(O)(O)O.O=P(O)(O)O.O=P(O)(O)O.O=P(O)(O)O.O=P(O)(O)O. The maximum Gasteiger partial charge on any atom is 0.466 e. The molecule has 23 N–H and O–H groups in total. The molecule has 1 atom stereocenters. The fourth-order valence-corrected chi connectivity index (χ4v) is 3.01. The minimum absolute atomic E-state index is 0.000783. The molecule has 34 nitrogen and oxygen atoms in total. The Labute approximate surface area is 343 Å². The summed E-state index contributed by atoms with van der Waals surface area (Å²) in [7, 11) is -32.5. The first-order chi connectivity index (χ1) is 27.1. The van der Waals surface area contributed by atoms with Gasteiger partial charge in [-0.3, -0.25) is 4.79 Å². The first-order valence-electron chi connectivity index (χ1n) is 13.7. The van der Waals surface area contributed by atoms with Gasteiger partial charge in [0.25, 0.3) is 0 Å². The molecule has 2 heterocycles. The molecule has 376 valence electrons. The Balaban J connectivity index is -0.000000259. The van der Waals surface area contributed by atoms with E-state index >= 15 is 0 Å². The minimum atomic E-state index is -4.64. The quantitative estimate of drug-likeness (QED) is 0.0780. The van der Waals surface area contributed by atoms with Gasteiger partial charge in [0.2, 0.25) is 11.7 Å². The molecule has 1 amide bonds. The zero-order valence-corrected chi connectivity index (χ0v) is 36.0. The predicted molar refractivity (Wildman–Crippen MR) is 183 cm³/mol. The van der Waals surface area contributed by atoms with Gasteiger partial charge in [-0.15, -0.1) is 10.2 Å². The number of alkyl halides is 3. The van der Waals surface area contributed by atoms with Crippen LogP contribution in [0.25, 0.3) is 0 Å². The van der Waals surface area contributed by atoms with E-state index in [9.17, 15) is 31.1 Å². The smallest absolute Gasteiger partial charge is 0.333 e. The Bertz CT molecular complexity index is 1780. The highest BCUT2D eigenvalue weighted by molar-refractivity contribution is 7.46. The number of fused-ring (bicyclic) bond motifs is 1. The monoisotopic (exact) mass is 1090 g/mol. The predicted octanol–water partition coefficient (Wildman–Crippen LogP) is -4.48. The van der Waals surface area contributed by atoms with Crippen molar-refractivity contribution in [2.24, 2.45) is 5.73 Å². The Hall–Kier alpha value is -1.86. The highest BCUT2D eigenvalue weighted by Gasteiger charge is 2.40. The van der Waals surface area contributed by atoms with E-state index in [1.807, 2.05) is 0 Å². The molecule has 0 fully saturated rings. The van der Waals surface area contributed by atoms with Crippen molar-refractivity contribution in [3.8, 4) is 0 Å². The van der Waals surface area contributed by atoms with Gasteiger partial charge in [-0.1, -0.05) is 0 Å². The highest BCUT2D eigenvalue weighted by Crippen LogP contribution is 2.31. The van der Waals surface area contributed by atoms with Crippen molar-refractivity contribution in [1.82, 2.24) is 19.7 Å². The molecule has 47 heteroatoms. The summed E-state index contributed by atoms with van der Waals surface area (Å²) in [5, 5.41) is 6.60. The summed E-state index contributed by atoms with van der Waals surface area (Å²) >= 11 is 0. The summed E-state index contributed by atoms with van der Waals surface area (Å²) in [4.78, 5) is 165. The Morgan fingerprint density at radius 1 is 0.571 bits per heavy atom. The molecule has 1 aromatic heterocycles. The molecule has 1 aliphatic heterocycles.